The summed E-state index contributed by atoms with van der Waals surface area (Å²) in [5, 5.41) is 2.64. The van der Waals surface area contributed by atoms with Crippen LogP contribution in [0.25, 0.3) is 0 Å². The van der Waals surface area contributed by atoms with Crippen molar-refractivity contribution in [1.82, 2.24) is 11.0 Å². The van der Waals surface area contributed by atoms with E-state index in [1.165, 1.54) is 0 Å². The third-order valence-electron chi connectivity index (χ3n) is 3.93. The lowest BCUT2D eigenvalue weighted by atomic mass is 10.2. The number of nitrogens with one attached hydrogen (secondary N) is 3. The first-order valence-corrected chi connectivity index (χ1v) is 9.45. The van der Waals surface area contributed by atoms with E-state index in [1.54, 1.807) is 31.4 Å². The molecular formula is C21H27N3O5. The fourth-order valence-corrected chi connectivity index (χ4v) is 2.41. The highest BCUT2D eigenvalue weighted by atomic mass is 16.7. The molecule has 0 unspecified atom stereocenters. The fourth-order valence-electron chi connectivity index (χ4n) is 2.41. The number of amides is 3. The molecule has 0 aliphatic rings. The zero-order chi connectivity index (χ0) is 20.7. The molecule has 0 aromatic heterocycles. The van der Waals surface area contributed by atoms with Crippen LogP contribution in [0.1, 0.15) is 31.2 Å². The van der Waals surface area contributed by atoms with Crippen molar-refractivity contribution in [2.45, 2.75) is 32.3 Å². The SMILES string of the molecule is COc1ccc(NC(=O)NOCCCCCC(=O)NOCc2ccccc2)cc1. The summed E-state index contributed by atoms with van der Waals surface area (Å²) in [4.78, 5) is 33.7. The molecule has 0 spiro atoms. The van der Waals surface area contributed by atoms with Gasteiger partial charge in [0, 0.05) is 12.1 Å². The third kappa shape index (κ3) is 9.59. The van der Waals surface area contributed by atoms with Crippen LogP contribution in [-0.2, 0) is 21.1 Å². The second-order valence-corrected chi connectivity index (χ2v) is 6.24. The van der Waals surface area contributed by atoms with Gasteiger partial charge in [0.15, 0.2) is 0 Å². The summed E-state index contributed by atoms with van der Waals surface area (Å²) in [5.41, 5.74) is 6.38. The zero-order valence-electron chi connectivity index (χ0n) is 16.5. The number of anilines is 1. The molecule has 0 fully saturated rings. The number of methoxy groups -OCH3 is 1. The number of unbranched alkanes of at least 4 members (excludes halogenated alkanes) is 2. The minimum Gasteiger partial charge on any atom is -0.497 e. The Labute approximate surface area is 170 Å². The predicted octanol–water partition coefficient (Wildman–Crippen LogP) is 3.56. The Kier molecular flexibility index (Phi) is 10.1. The van der Waals surface area contributed by atoms with Crippen LogP contribution in [0.5, 0.6) is 5.75 Å². The molecule has 8 heteroatoms. The zero-order valence-corrected chi connectivity index (χ0v) is 16.5. The van der Waals surface area contributed by atoms with Gasteiger partial charge in [0.05, 0.1) is 20.3 Å². The summed E-state index contributed by atoms with van der Waals surface area (Å²) in [7, 11) is 1.58. The van der Waals surface area contributed by atoms with Gasteiger partial charge in [0.2, 0.25) is 5.91 Å². The number of benzene rings is 2. The molecule has 0 atom stereocenters. The number of ether oxygens (including phenoxy) is 1. The molecule has 0 saturated heterocycles. The van der Waals surface area contributed by atoms with Crippen LogP contribution in [0, 0.1) is 0 Å². The Morgan fingerprint density at radius 1 is 0.862 bits per heavy atom. The van der Waals surface area contributed by atoms with Gasteiger partial charge in [0.1, 0.15) is 5.75 Å². The molecule has 0 aliphatic carbocycles. The van der Waals surface area contributed by atoms with Gasteiger partial charge in [-0.25, -0.2) is 15.8 Å². The summed E-state index contributed by atoms with van der Waals surface area (Å²) in [5.74, 6) is 0.558. The van der Waals surface area contributed by atoms with Crippen molar-refractivity contribution in [2.75, 3.05) is 19.0 Å². The van der Waals surface area contributed by atoms with E-state index in [0.29, 0.717) is 37.5 Å². The van der Waals surface area contributed by atoms with E-state index < -0.39 is 6.03 Å². The minimum atomic E-state index is -0.454. The van der Waals surface area contributed by atoms with Crippen molar-refractivity contribution < 1.29 is 24.0 Å². The van der Waals surface area contributed by atoms with E-state index >= 15 is 0 Å². The largest absolute Gasteiger partial charge is 0.497 e. The molecule has 3 amide bonds. The number of urea groups is 1. The van der Waals surface area contributed by atoms with Gasteiger partial charge in [-0.1, -0.05) is 36.8 Å². The second-order valence-electron chi connectivity index (χ2n) is 6.24. The third-order valence-corrected chi connectivity index (χ3v) is 3.93. The standard InChI is InChI=1S/C21H27N3O5/c1-27-19-13-11-18(12-14-19)22-21(26)24-28-15-7-3-6-10-20(25)23-29-16-17-8-4-2-5-9-17/h2,4-5,8-9,11-14H,3,6-7,10,15-16H2,1H3,(H,23,25)(H2,22,24,26). The maximum absolute atomic E-state index is 11.7. The number of hydroxylamine groups is 2. The Morgan fingerprint density at radius 2 is 1.62 bits per heavy atom. The molecule has 8 nitrogen and oxygen atoms in total. The smallest absolute Gasteiger partial charge is 0.343 e. The van der Waals surface area contributed by atoms with E-state index in [4.69, 9.17) is 14.4 Å². The van der Waals surface area contributed by atoms with E-state index in [-0.39, 0.29) is 5.91 Å². The van der Waals surface area contributed by atoms with Crippen molar-refractivity contribution in [3.8, 4) is 5.75 Å². The number of carbonyl (C=O) groups is 2. The molecule has 0 saturated carbocycles. The van der Waals surface area contributed by atoms with Gasteiger partial charge in [-0.3, -0.25) is 14.5 Å². The monoisotopic (exact) mass is 401 g/mol. The molecular weight excluding hydrogens is 374 g/mol. The average molecular weight is 401 g/mol. The van der Waals surface area contributed by atoms with E-state index in [1.807, 2.05) is 30.3 Å². The van der Waals surface area contributed by atoms with Crippen LogP contribution in [-0.4, -0.2) is 25.7 Å². The quantitative estimate of drug-likeness (QED) is 0.373. The second kappa shape index (κ2) is 13.1. The Balaban J connectivity index is 1.44. The predicted molar refractivity (Wildman–Crippen MR) is 109 cm³/mol. The van der Waals surface area contributed by atoms with Crippen LogP contribution >= 0.6 is 0 Å². The van der Waals surface area contributed by atoms with E-state index in [2.05, 4.69) is 16.3 Å². The van der Waals surface area contributed by atoms with E-state index in [9.17, 15) is 9.59 Å². The lowest BCUT2D eigenvalue weighted by molar-refractivity contribution is -0.134. The summed E-state index contributed by atoms with van der Waals surface area (Å²) < 4.78 is 5.05. The molecule has 29 heavy (non-hydrogen) atoms. The average Bonchev–Trinajstić information content (AvgIpc) is 2.74. The summed E-state index contributed by atoms with van der Waals surface area (Å²) in [6.45, 7) is 0.701. The van der Waals surface area contributed by atoms with Crippen LogP contribution in [0.2, 0.25) is 0 Å². The van der Waals surface area contributed by atoms with Crippen molar-refractivity contribution in [2.24, 2.45) is 0 Å². The van der Waals surface area contributed by atoms with Crippen molar-refractivity contribution in [1.29, 1.82) is 0 Å². The van der Waals surface area contributed by atoms with Crippen LogP contribution in [0.3, 0.4) is 0 Å². The van der Waals surface area contributed by atoms with Crippen LogP contribution in [0.4, 0.5) is 10.5 Å². The lowest BCUT2D eigenvalue weighted by Gasteiger charge is -2.08. The highest BCUT2D eigenvalue weighted by molar-refractivity contribution is 5.88. The molecule has 2 rings (SSSR count). The number of hydrogen-bond acceptors (Lipinski definition) is 5. The summed E-state index contributed by atoms with van der Waals surface area (Å²) in [6.07, 6.45) is 2.61. The van der Waals surface area contributed by atoms with Crippen molar-refractivity contribution in [3.63, 3.8) is 0 Å². The van der Waals surface area contributed by atoms with Gasteiger partial charge in [-0.05, 0) is 42.7 Å². The number of carbonyl (C=O) groups excluding carboxylic acids is 2. The van der Waals surface area contributed by atoms with Gasteiger partial charge in [-0.15, -0.1) is 0 Å². The highest BCUT2D eigenvalue weighted by Gasteiger charge is 2.03. The molecule has 0 radical (unpaired) electrons. The van der Waals surface area contributed by atoms with Gasteiger partial charge in [-0.2, -0.15) is 0 Å². The Morgan fingerprint density at radius 3 is 2.34 bits per heavy atom. The van der Waals surface area contributed by atoms with Crippen LogP contribution < -0.4 is 21.0 Å². The number of hydrogen-bond donors (Lipinski definition) is 3. The molecule has 156 valence electrons. The topological polar surface area (TPSA) is 97.9 Å². The maximum atomic E-state index is 11.7. The van der Waals surface area contributed by atoms with Crippen molar-refractivity contribution >= 4 is 17.6 Å². The Hall–Kier alpha value is -3.10. The first kappa shape index (κ1) is 22.2. The molecule has 0 aliphatic heterocycles. The molecule has 2 aromatic carbocycles. The maximum Gasteiger partial charge on any atom is 0.343 e. The van der Waals surface area contributed by atoms with E-state index in [0.717, 1.165) is 18.4 Å². The fraction of sp³-hybridized carbons (Fsp3) is 0.333. The first-order valence-electron chi connectivity index (χ1n) is 9.45. The van der Waals surface area contributed by atoms with Crippen molar-refractivity contribution in [3.05, 3.63) is 60.2 Å². The van der Waals surface area contributed by atoms with Gasteiger partial charge < -0.3 is 10.1 Å². The van der Waals surface area contributed by atoms with Gasteiger partial charge in [0.25, 0.3) is 0 Å². The number of rotatable bonds is 12. The lowest BCUT2D eigenvalue weighted by Crippen LogP contribution is -2.29. The Bertz CT molecular complexity index is 738. The summed E-state index contributed by atoms with van der Waals surface area (Å²) >= 11 is 0. The molecule has 2 aromatic rings. The highest BCUT2D eigenvalue weighted by Crippen LogP contribution is 2.14. The van der Waals surface area contributed by atoms with Crippen LogP contribution in [0.15, 0.2) is 54.6 Å². The minimum absolute atomic E-state index is 0.154. The molecule has 0 heterocycles. The molecule has 0 bridgehead atoms. The van der Waals surface area contributed by atoms with Gasteiger partial charge >= 0.3 is 6.03 Å². The summed E-state index contributed by atoms with van der Waals surface area (Å²) in [6, 6.07) is 16.1. The first-order chi connectivity index (χ1) is 14.2. The molecule has 3 N–H and O–H groups in total. The normalized spacial score (nSPS) is 10.2.